The van der Waals surface area contributed by atoms with Crippen LogP contribution in [0.4, 0.5) is 0 Å². The van der Waals surface area contributed by atoms with Crippen molar-refractivity contribution in [2.75, 3.05) is 0 Å². The summed E-state index contributed by atoms with van der Waals surface area (Å²) in [5, 5.41) is 8.19. The van der Waals surface area contributed by atoms with Crippen molar-refractivity contribution in [3.05, 3.63) is 0 Å². The van der Waals surface area contributed by atoms with Crippen LogP contribution in [-0.2, 0) is 9.78 Å². The summed E-state index contributed by atoms with van der Waals surface area (Å²) in [5.74, 6) is -1.25. The zero-order valence-corrected chi connectivity index (χ0v) is 2.76. The minimum absolute atomic E-state index is 0. The van der Waals surface area contributed by atoms with Gasteiger partial charge in [0, 0.05) is 6.92 Å². The van der Waals surface area contributed by atoms with Gasteiger partial charge in [-0.15, -0.1) is 0 Å². The van der Waals surface area contributed by atoms with Crippen molar-refractivity contribution in [2.45, 2.75) is 12.9 Å². The maximum absolute atomic E-state index is 8.19. The first-order chi connectivity index (χ1) is 2.21. The van der Waals surface area contributed by atoms with Crippen LogP contribution < -0.4 is 0 Å². The molecule has 6 heavy (non-hydrogen) atoms. The Balaban J connectivity index is 0.000000250. The molecule has 0 unspecified atom stereocenters. The van der Waals surface area contributed by atoms with Crippen LogP contribution >= 0.6 is 0 Å². The van der Waals surface area contributed by atoms with Gasteiger partial charge in [0.25, 0.3) is 0 Å². The van der Waals surface area contributed by atoms with Crippen LogP contribution in [0.25, 0.3) is 0 Å². The maximum atomic E-state index is 8.19. The molecule has 0 radical (unpaired) electrons. The number of rotatable bonds is 0. The van der Waals surface area contributed by atoms with Crippen LogP contribution in [0.5, 0.6) is 0 Å². The average Bonchev–Trinajstić information content (AvgIpc) is 1.76. The molecule has 1 rings (SSSR count). The third kappa shape index (κ3) is 1.76. The summed E-state index contributed by atoms with van der Waals surface area (Å²) in [5.41, 5.74) is 0. The van der Waals surface area contributed by atoms with Crippen LogP contribution in [-0.4, -0.2) is 28.7 Å². The van der Waals surface area contributed by atoms with Crippen molar-refractivity contribution >= 4 is 17.6 Å². The van der Waals surface area contributed by atoms with Crippen molar-refractivity contribution in [3.8, 4) is 0 Å². The number of aliphatic hydroxyl groups is 1. The third-order valence-electron chi connectivity index (χ3n) is 0.325. The minimum atomic E-state index is -1.25. The van der Waals surface area contributed by atoms with Crippen LogP contribution in [0.15, 0.2) is 0 Å². The normalized spacial score (nSPS) is 25.0. The van der Waals surface area contributed by atoms with E-state index in [4.69, 9.17) is 5.11 Å². The predicted molar refractivity (Wildman–Crippen MR) is 24.1 cm³/mol. The second kappa shape index (κ2) is 1.50. The summed E-state index contributed by atoms with van der Waals surface area (Å²) in [7, 11) is 0. The van der Waals surface area contributed by atoms with E-state index in [0.717, 1.165) is 0 Å². The van der Waals surface area contributed by atoms with Gasteiger partial charge < -0.3 is 5.11 Å². The van der Waals surface area contributed by atoms with Crippen LogP contribution in [0.1, 0.15) is 6.92 Å². The van der Waals surface area contributed by atoms with Gasteiger partial charge in [-0.2, -0.15) is 9.78 Å². The summed E-state index contributed by atoms with van der Waals surface area (Å²) >= 11 is 0. The summed E-state index contributed by atoms with van der Waals surface area (Å²) in [4.78, 5) is 7.90. The predicted octanol–water partition coefficient (Wildman–Crippen LogP) is -1.84. The second-order valence-corrected chi connectivity index (χ2v) is 1.06. The van der Waals surface area contributed by atoms with Gasteiger partial charge in [0.1, 0.15) is 0 Å². The van der Waals surface area contributed by atoms with E-state index in [1.807, 2.05) is 0 Å². The Morgan fingerprint density at radius 3 is 1.67 bits per heavy atom. The molecule has 0 bridgehead atoms. The fourth-order valence-corrected chi connectivity index (χ4v) is 0.0603. The topological polar surface area (TPSA) is 45.3 Å². The van der Waals surface area contributed by atoms with Crippen LogP contribution in [0.3, 0.4) is 0 Å². The molecule has 3 nitrogen and oxygen atoms in total. The Morgan fingerprint density at radius 2 is 1.67 bits per heavy atom. The van der Waals surface area contributed by atoms with Crippen molar-refractivity contribution in [1.82, 2.24) is 0 Å². The number of hydrogen-bond acceptors (Lipinski definition) is 3. The molecular weight excluding hydrogens is 145 g/mol. The van der Waals surface area contributed by atoms with E-state index in [1.165, 1.54) is 6.92 Å². The molecule has 0 aromatic heterocycles. The van der Waals surface area contributed by atoms with Gasteiger partial charge in [0.2, 0.25) is 0 Å². The second-order valence-electron chi connectivity index (χ2n) is 1.06. The Labute approximate surface area is 46.1 Å². The van der Waals surface area contributed by atoms with Gasteiger partial charge in [0.05, 0.1) is 0 Å². The van der Waals surface area contributed by atoms with Crippen LogP contribution in [0, 0.1) is 0 Å². The van der Waals surface area contributed by atoms with E-state index in [2.05, 4.69) is 9.78 Å². The molecule has 1 saturated heterocycles. The number of hydrogen-bond donors (Lipinski definition) is 1. The SMILES string of the molecule is CC1(O)OO1.[GeH4]. The molecule has 0 atom stereocenters. The summed E-state index contributed by atoms with van der Waals surface area (Å²) in [6.45, 7) is 1.41. The van der Waals surface area contributed by atoms with Crippen molar-refractivity contribution in [2.24, 2.45) is 0 Å². The molecule has 0 aromatic rings. The monoisotopic (exact) mass is 154 g/mol. The summed E-state index contributed by atoms with van der Waals surface area (Å²) in [6.07, 6.45) is 0. The third-order valence-corrected chi connectivity index (χ3v) is 0.325. The first kappa shape index (κ1) is 6.42. The molecule has 1 N–H and O–H groups in total. The Morgan fingerprint density at radius 1 is 1.50 bits per heavy atom. The van der Waals surface area contributed by atoms with E-state index in [-0.39, 0.29) is 17.6 Å². The molecule has 0 amide bonds. The fraction of sp³-hybridized carbons (Fsp3) is 1.00. The molecule has 0 aliphatic carbocycles. The molecule has 0 spiro atoms. The van der Waals surface area contributed by atoms with Crippen LogP contribution in [0.2, 0.25) is 0 Å². The van der Waals surface area contributed by atoms with E-state index in [1.54, 1.807) is 0 Å². The molecule has 4 heteroatoms. The summed E-state index contributed by atoms with van der Waals surface area (Å²) < 4.78 is 0. The molecule has 1 fully saturated rings. The first-order valence-electron chi connectivity index (χ1n) is 1.30. The Hall–Kier alpha value is 0.423. The molecule has 0 aromatic carbocycles. The van der Waals surface area contributed by atoms with Gasteiger partial charge in [-0.25, -0.2) is 0 Å². The van der Waals surface area contributed by atoms with E-state index in [0.29, 0.717) is 0 Å². The Kier molecular flexibility index (Phi) is 1.60. The van der Waals surface area contributed by atoms with Crippen molar-refractivity contribution in [3.63, 3.8) is 0 Å². The zero-order chi connectivity index (χ0) is 3.91. The average molecular weight is 153 g/mol. The van der Waals surface area contributed by atoms with Gasteiger partial charge in [-0.1, -0.05) is 0 Å². The quantitative estimate of drug-likeness (QED) is 0.252. The van der Waals surface area contributed by atoms with Gasteiger partial charge in [-0.3, -0.25) is 0 Å². The molecular formula is C2H8GeO3. The fourth-order valence-electron chi connectivity index (χ4n) is 0.0603. The Bertz CT molecular complexity index is 46.8. The van der Waals surface area contributed by atoms with E-state index >= 15 is 0 Å². The molecule has 1 heterocycles. The zero-order valence-electron chi connectivity index (χ0n) is 2.76. The van der Waals surface area contributed by atoms with Crippen molar-refractivity contribution < 1.29 is 14.9 Å². The molecule has 1 aliphatic rings. The molecule has 1 aliphatic heterocycles. The van der Waals surface area contributed by atoms with Gasteiger partial charge in [0.15, 0.2) is 0 Å². The standard InChI is InChI=1S/C2H4O3.GeH4/c1-2(3)4-5-2;/h3H,1H3;1H4. The van der Waals surface area contributed by atoms with Gasteiger partial charge >= 0.3 is 23.6 Å². The first-order valence-corrected chi connectivity index (χ1v) is 1.30. The van der Waals surface area contributed by atoms with E-state index in [9.17, 15) is 0 Å². The van der Waals surface area contributed by atoms with Gasteiger partial charge in [-0.05, 0) is 0 Å². The van der Waals surface area contributed by atoms with Crippen molar-refractivity contribution in [1.29, 1.82) is 0 Å². The summed E-state index contributed by atoms with van der Waals surface area (Å²) in [6, 6.07) is 0. The molecule has 0 saturated carbocycles. The van der Waals surface area contributed by atoms with E-state index < -0.39 is 5.97 Å². The molecule has 38 valence electrons.